The molecule has 1 atom stereocenters. The van der Waals surface area contributed by atoms with E-state index < -0.39 is 10.0 Å². The lowest BCUT2D eigenvalue weighted by atomic mass is 9.89. The molecule has 4 N–H and O–H groups in total. The lowest BCUT2D eigenvalue weighted by molar-refractivity contribution is 0.271. The molecule has 0 aliphatic carbocycles. The van der Waals surface area contributed by atoms with Gasteiger partial charge in [-0.05, 0) is 64.5 Å². The normalized spacial score (nSPS) is 12.3. The molecule has 0 radical (unpaired) electrons. The number of hydrogen-bond acceptors (Lipinski definition) is 7. The fourth-order valence-corrected chi connectivity index (χ4v) is 6.03. The zero-order chi connectivity index (χ0) is 28.5. The van der Waals surface area contributed by atoms with E-state index in [4.69, 9.17) is 0 Å². The van der Waals surface area contributed by atoms with E-state index in [1.165, 1.54) is 0 Å². The van der Waals surface area contributed by atoms with Crippen molar-refractivity contribution < 1.29 is 13.5 Å². The third kappa shape index (κ3) is 7.66. The van der Waals surface area contributed by atoms with Gasteiger partial charge in [-0.1, -0.05) is 73.7 Å². The second-order valence-corrected chi connectivity index (χ2v) is 12.1. The molecule has 0 aliphatic rings. The number of nitrogens with one attached hydrogen (secondary N) is 3. The van der Waals surface area contributed by atoms with E-state index >= 15 is 0 Å². The summed E-state index contributed by atoms with van der Waals surface area (Å²) in [5.41, 5.74) is 3.46. The molecular formula is C30H34BrN5O3S. The molecule has 0 fully saturated rings. The molecule has 4 rings (SSSR count). The van der Waals surface area contributed by atoms with Crippen LogP contribution in [0.1, 0.15) is 42.4 Å². The minimum atomic E-state index is -3.78. The first-order valence-electron chi connectivity index (χ1n) is 13.2. The van der Waals surface area contributed by atoms with Crippen molar-refractivity contribution in [2.75, 3.05) is 23.8 Å². The molecule has 0 bridgehead atoms. The third-order valence-corrected chi connectivity index (χ3v) is 8.84. The van der Waals surface area contributed by atoms with Gasteiger partial charge in [0.05, 0.1) is 22.0 Å². The Bertz CT molecular complexity index is 1460. The summed E-state index contributed by atoms with van der Waals surface area (Å²) >= 11 is 3.43. The van der Waals surface area contributed by atoms with Gasteiger partial charge in [0.2, 0.25) is 16.0 Å². The summed E-state index contributed by atoms with van der Waals surface area (Å²) in [5, 5.41) is 15.8. The van der Waals surface area contributed by atoms with Gasteiger partial charge in [0.1, 0.15) is 5.82 Å². The number of rotatable bonds is 13. The molecule has 8 nitrogen and oxygen atoms in total. The number of aromatic nitrogens is 2. The molecule has 0 spiro atoms. The molecule has 3 aromatic carbocycles. The van der Waals surface area contributed by atoms with Crippen LogP contribution in [-0.2, 0) is 10.0 Å². The largest absolute Gasteiger partial charge is 0.394 e. The maximum Gasteiger partial charge on any atom is 0.240 e. The van der Waals surface area contributed by atoms with Gasteiger partial charge in [0.25, 0.3) is 0 Å². The van der Waals surface area contributed by atoms with Crippen molar-refractivity contribution in [2.24, 2.45) is 0 Å². The van der Waals surface area contributed by atoms with Crippen LogP contribution < -0.4 is 15.4 Å². The van der Waals surface area contributed by atoms with Crippen LogP contribution in [0.5, 0.6) is 0 Å². The number of aryl methyl sites for hydroxylation is 1. The monoisotopic (exact) mass is 623 g/mol. The average molecular weight is 625 g/mol. The lowest BCUT2D eigenvalue weighted by Gasteiger charge is -2.19. The molecule has 1 aromatic heterocycles. The Hall–Kier alpha value is -3.31. The molecule has 0 saturated carbocycles. The van der Waals surface area contributed by atoms with Gasteiger partial charge in [0.15, 0.2) is 0 Å². The number of hydrogen-bond donors (Lipinski definition) is 4. The first kappa shape index (κ1) is 29.7. The maximum atomic E-state index is 13.4. The van der Waals surface area contributed by atoms with Gasteiger partial charge in [-0.25, -0.2) is 18.1 Å². The fourth-order valence-electron chi connectivity index (χ4n) is 4.41. The van der Waals surface area contributed by atoms with Gasteiger partial charge in [-0.2, -0.15) is 4.98 Å². The Balaban J connectivity index is 1.49. The van der Waals surface area contributed by atoms with Crippen molar-refractivity contribution in [1.29, 1.82) is 0 Å². The first-order chi connectivity index (χ1) is 19.3. The van der Waals surface area contributed by atoms with E-state index in [-0.39, 0.29) is 30.0 Å². The second kappa shape index (κ2) is 13.8. The summed E-state index contributed by atoms with van der Waals surface area (Å²) in [6, 6.07) is 25.2. The number of sulfonamides is 1. The third-order valence-electron chi connectivity index (χ3n) is 6.66. The van der Waals surface area contributed by atoms with E-state index in [2.05, 4.69) is 65.5 Å². The van der Waals surface area contributed by atoms with E-state index in [1.54, 1.807) is 31.3 Å². The SMILES string of the molecule is CC[C@H](CO)Nc1nc(Nc2ccc(C)c(S(=O)(=O)NCCC(c3ccccc3)c3ccccc3)c2)ncc1Br. The number of aliphatic hydroxyl groups excluding tert-OH is 1. The summed E-state index contributed by atoms with van der Waals surface area (Å²) in [6.45, 7) is 3.99. The highest BCUT2D eigenvalue weighted by Gasteiger charge is 2.20. The maximum absolute atomic E-state index is 13.4. The number of halogens is 1. The van der Waals surface area contributed by atoms with E-state index in [9.17, 15) is 13.5 Å². The van der Waals surface area contributed by atoms with Crippen molar-refractivity contribution >= 4 is 43.4 Å². The zero-order valence-electron chi connectivity index (χ0n) is 22.5. The Morgan fingerprint density at radius 3 is 2.23 bits per heavy atom. The van der Waals surface area contributed by atoms with Gasteiger partial charge in [0, 0.05) is 24.3 Å². The van der Waals surface area contributed by atoms with Crippen molar-refractivity contribution in [3.8, 4) is 0 Å². The zero-order valence-corrected chi connectivity index (χ0v) is 24.9. The van der Waals surface area contributed by atoms with Crippen LogP contribution in [0, 0.1) is 6.92 Å². The Morgan fingerprint density at radius 2 is 1.62 bits per heavy atom. The topological polar surface area (TPSA) is 116 Å². The molecule has 40 heavy (non-hydrogen) atoms. The van der Waals surface area contributed by atoms with Gasteiger partial charge < -0.3 is 15.7 Å². The highest BCUT2D eigenvalue weighted by atomic mass is 79.9. The van der Waals surface area contributed by atoms with Crippen LogP contribution in [0.4, 0.5) is 17.5 Å². The Kier molecular flexibility index (Phi) is 10.3. The van der Waals surface area contributed by atoms with Crippen LogP contribution in [-0.4, -0.2) is 42.7 Å². The quantitative estimate of drug-likeness (QED) is 0.145. The van der Waals surface area contributed by atoms with Gasteiger partial charge >= 0.3 is 0 Å². The summed E-state index contributed by atoms with van der Waals surface area (Å²) < 4.78 is 30.2. The molecule has 210 valence electrons. The summed E-state index contributed by atoms with van der Waals surface area (Å²) in [5.74, 6) is 0.897. The summed E-state index contributed by atoms with van der Waals surface area (Å²) in [6.07, 6.45) is 2.93. The number of aliphatic hydroxyl groups is 1. The first-order valence-corrected chi connectivity index (χ1v) is 15.5. The van der Waals surface area contributed by atoms with Gasteiger partial charge in [-0.3, -0.25) is 0 Å². The minimum Gasteiger partial charge on any atom is -0.394 e. The molecule has 10 heteroatoms. The summed E-state index contributed by atoms with van der Waals surface area (Å²) in [4.78, 5) is 8.98. The van der Waals surface area contributed by atoms with Crippen molar-refractivity contribution in [1.82, 2.24) is 14.7 Å². The molecule has 0 aliphatic heterocycles. The minimum absolute atomic E-state index is 0.0284. The van der Waals surface area contributed by atoms with Crippen LogP contribution in [0.25, 0.3) is 0 Å². The number of anilines is 3. The van der Waals surface area contributed by atoms with Gasteiger partial charge in [-0.15, -0.1) is 0 Å². The van der Waals surface area contributed by atoms with Crippen molar-refractivity contribution in [3.05, 3.63) is 106 Å². The Morgan fingerprint density at radius 1 is 0.975 bits per heavy atom. The van der Waals surface area contributed by atoms with Crippen LogP contribution in [0.2, 0.25) is 0 Å². The number of benzene rings is 3. The predicted octanol–water partition coefficient (Wildman–Crippen LogP) is 5.97. The van der Waals surface area contributed by atoms with Crippen LogP contribution in [0.15, 0.2) is 94.4 Å². The smallest absolute Gasteiger partial charge is 0.240 e. The van der Waals surface area contributed by atoms with Crippen molar-refractivity contribution in [3.63, 3.8) is 0 Å². The Labute approximate surface area is 244 Å². The van der Waals surface area contributed by atoms with Crippen LogP contribution in [0.3, 0.4) is 0 Å². The predicted molar refractivity (Wildman–Crippen MR) is 164 cm³/mol. The van der Waals surface area contributed by atoms with E-state index in [0.29, 0.717) is 33.9 Å². The molecule has 0 amide bonds. The molecule has 1 heterocycles. The van der Waals surface area contributed by atoms with Crippen molar-refractivity contribution in [2.45, 2.75) is 43.5 Å². The van der Waals surface area contributed by atoms with Crippen LogP contribution >= 0.6 is 15.9 Å². The standard InChI is InChI=1S/C30H34BrN5O3S/c1-3-24(20-37)34-29-27(31)19-32-30(36-29)35-25-15-14-21(2)28(18-25)40(38,39)33-17-16-26(22-10-6-4-7-11-22)23-12-8-5-9-13-23/h4-15,18-19,24,26,33,37H,3,16-17,20H2,1-2H3,(H2,32,34,35,36)/t24-/m1/s1. The highest BCUT2D eigenvalue weighted by Crippen LogP contribution is 2.29. The lowest BCUT2D eigenvalue weighted by Crippen LogP contribution is -2.27. The average Bonchev–Trinajstić information content (AvgIpc) is 2.97. The highest BCUT2D eigenvalue weighted by molar-refractivity contribution is 9.10. The molecule has 0 saturated heterocycles. The molecular weight excluding hydrogens is 590 g/mol. The van der Waals surface area contributed by atoms with E-state index in [0.717, 1.165) is 17.5 Å². The molecule has 4 aromatic rings. The second-order valence-electron chi connectivity index (χ2n) is 9.49. The molecule has 0 unspecified atom stereocenters. The summed E-state index contributed by atoms with van der Waals surface area (Å²) in [7, 11) is -3.78. The fraction of sp³-hybridized carbons (Fsp3) is 0.267. The van der Waals surface area contributed by atoms with E-state index in [1.807, 2.05) is 43.3 Å². The number of nitrogens with zero attached hydrogens (tertiary/aromatic N) is 2.